The number of amides is 1. The summed E-state index contributed by atoms with van der Waals surface area (Å²) in [5, 5.41) is 11.8. The maximum Gasteiger partial charge on any atom is 0.255 e. The molecule has 2 aromatic carbocycles. The molecule has 0 saturated carbocycles. The van der Waals surface area contributed by atoms with E-state index in [1.54, 1.807) is 18.3 Å². The van der Waals surface area contributed by atoms with Crippen LogP contribution in [0, 0.1) is 6.92 Å². The molecule has 248 valence electrons. The first kappa shape index (κ1) is 31.2. The van der Waals surface area contributed by atoms with Gasteiger partial charge >= 0.3 is 0 Å². The lowest BCUT2D eigenvalue weighted by atomic mass is 10.0. The molecule has 6 aromatic rings. The number of ether oxygens (including phenoxy) is 2. The van der Waals surface area contributed by atoms with Crippen LogP contribution in [-0.2, 0) is 24.4 Å². The Labute approximate surface area is 287 Å². The number of carbonyl (C=O) groups excluding carboxylic acids is 1. The third kappa shape index (κ3) is 6.78. The van der Waals surface area contributed by atoms with Gasteiger partial charge in [0.05, 0.1) is 57.8 Å². The fraction of sp³-hybridized carbons (Fsp3) is 0.270. The minimum atomic E-state index is -0.176. The first-order valence-corrected chi connectivity index (χ1v) is 16.8. The monoisotopic (exact) mass is 674 g/mol. The maximum atomic E-state index is 13.2. The highest BCUT2D eigenvalue weighted by atomic mass is 35.5. The molecule has 2 aliphatic rings. The lowest BCUT2D eigenvalue weighted by Gasteiger charge is -2.29. The van der Waals surface area contributed by atoms with Crippen molar-refractivity contribution in [2.75, 3.05) is 25.0 Å². The molecule has 0 radical (unpaired) electrons. The van der Waals surface area contributed by atoms with Gasteiger partial charge in [-0.2, -0.15) is 5.10 Å². The molecule has 12 heteroatoms. The zero-order valence-corrected chi connectivity index (χ0v) is 27.8. The molecule has 1 atom stereocenters. The van der Waals surface area contributed by atoms with Crippen molar-refractivity contribution in [1.29, 1.82) is 0 Å². The molecule has 49 heavy (non-hydrogen) atoms. The van der Waals surface area contributed by atoms with E-state index in [1.807, 2.05) is 61.5 Å². The van der Waals surface area contributed by atoms with Crippen LogP contribution < -0.4 is 10.1 Å². The molecule has 2 N–H and O–H groups in total. The second-order valence-electron chi connectivity index (χ2n) is 12.5. The van der Waals surface area contributed by atoms with Crippen LogP contribution in [0.15, 0.2) is 79.0 Å². The van der Waals surface area contributed by atoms with E-state index in [0.29, 0.717) is 35.3 Å². The molecule has 1 fully saturated rings. The topological polar surface area (TPSA) is 123 Å². The molecule has 6 heterocycles. The number of carbonyl (C=O) groups is 1. The quantitative estimate of drug-likeness (QED) is 0.167. The number of nitrogens with one attached hydrogen (secondary N) is 2. The van der Waals surface area contributed by atoms with Gasteiger partial charge in [-0.1, -0.05) is 23.7 Å². The Hall–Kier alpha value is -5.10. The third-order valence-electron chi connectivity index (χ3n) is 9.15. The average Bonchev–Trinajstić information content (AvgIpc) is 3.64. The van der Waals surface area contributed by atoms with Crippen molar-refractivity contribution in [1.82, 2.24) is 34.6 Å². The maximum absolute atomic E-state index is 13.2. The second-order valence-corrected chi connectivity index (χ2v) is 12.9. The molecule has 0 spiro atoms. The normalized spacial score (nSPS) is 16.4. The predicted molar refractivity (Wildman–Crippen MR) is 189 cm³/mol. The van der Waals surface area contributed by atoms with Gasteiger partial charge in [-0.05, 0) is 79.9 Å². The van der Waals surface area contributed by atoms with Crippen molar-refractivity contribution in [3.05, 3.63) is 112 Å². The van der Waals surface area contributed by atoms with Gasteiger partial charge in [0.2, 0.25) is 5.88 Å². The van der Waals surface area contributed by atoms with Crippen LogP contribution in [0.25, 0.3) is 27.5 Å². The number of hydrogen-bond acceptors (Lipinski definition) is 8. The van der Waals surface area contributed by atoms with Crippen molar-refractivity contribution in [2.24, 2.45) is 0 Å². The molecule has 8 rings (SSSR count). The van der Waals surface area contributed by atoms with Crippen LogP contribution in [0.1, 0.15) is 46.1 Å². The number of rotatable bonds is 10. The molecular weight excluding hydrogens is 640 g/mol. The summed E-state index contributed by atoms with van der Waals surface area (Å²) in [5.41, 5.74) is 7.83. The fourth-order valence-electron chi connectivity index (χ4n) is 6.31. The van der Waals surface area contributed by atoms with E-state index in [4.69, 9.17) is 31.0 Å². The summed E-state index contributed by atoms with van der Waals surface area (Å²) in [7, 11) is 0. The minimum absolute atomic E-state index is 0.176. The summed E-state index contributed by atoms with van der Waals surface area (Å²) in [4.78, 5) is 29.7. The third-order valence-corrected chi connectivity index (χ3v) is 9.37. The number of H-pyrrole nitrogens is 1. The fourth-order valence-corrected chi connectivity index (χ4v) is 6.42. The van der Waals surface area contributed by atoms with Crippen LogP contribution in [0.3, 0.4) is 0 Å². The van der Waals surface area contributed by atoms with Gasteiger partial charge in [0.25, 0.3) is 5.91 Å². The number of hydrogen-bond donors (Lipinski definition) is 2. The summed E-state index contributed by atoms with van der Waals surface area (Å²) < 4.78 is 14.0. The Morgan fingerprint density at radius 3 is 2.84 bits per heavy atom. The van der Waals surface area contributed by atoms with Crippen molar-refractivity contribution < 1.29 is 14.3 Å². The van der Waals surface area contributed by atoms with E-state index in [2.05, 4.69) is 36.0 Å². The van der Waals surface area contributed by atoms with Gasteiger partial charge in [0.1, 0.15) is 12.4 Å². The number of pyridine rings is 2. The van der Waals surface area contributed by atoms with Crippen molar-refractivity contribution in [2.45, 2.75) is 45.6 Å². The zero-order chi connectivity index (χ0) is 33.3. The van der Waals surface area contributed by atoms with Crippen LogP contribution in [0.2, 0.25) is 5.02 Å². The van der Waals surface area contributed by atoms with Gasteiger partial charge in [-0.15, -0.1) is 0 Å². The van der Waals surface area contributed by atoms with Gasteiger partial charge in [-0.25, -0.2) is 9.97 Å². The molecule has 11 nitrogen and oxygen atoms in total. The molecule has 2 aliphatic heterocycles. The number of fused-ring (bicyclic) bond motifs is 2. The number of benzene rings is 2. The molecule has 1 unspecified atom stereocenters. The number of nitrogens with zero attached hydrogens (tertiary/aromatic N) is 6. The van der Waals surface area contributed by atoms with Gasteiger partial charge in [-0.3, -0.25) is 19.8 Å². The van der Waals surface area contributed by atoms with E-state index < -0.39 is 0 Å². The van der Waals surface area contributed by atoms with Crippen LogP contribution in [0.5, 0.6) is 5.88 Å². The molecule has 4 aromatic heterocycles. The number of aromatic nitrogens is 6. The number of imidazole rings is 1. The summed E-state index contributed by atoms with van der Waals surface area (Å²) in [6, 6.07) is 21.0. The van der Waals surface area contributed by atoms with Gasteiger partial charge in [0, 0.05) is 48.6 Å². The SMILES string of the molecule is Cc1n[nH]c2ccc(C(=O)Nc3ccc4c(c3)nc(CN3CC=C(c5cccc(OCc6ccc(Cl)cn6)n5)CC3)n4CC3CCO3)cc12. The Kier molecular flexibility index (Phi) is 8.54. The lowest BCUT2D eigenvalue weighted by molar-refractivity contribution is -0.0591. The van der Waals surface area contributed by atoms with Crippen molar-refractivity contribution in [3.8, 4) is 5.88 Å². The highest BCUT2D eigenvalue weighted by Crippen LogP contribution is 2.28. The van der Waals surface area contributed by atoms with E-state index in [1.165, 1.54) is 5.57 Å². The first-order chi connectivity index (χ1) is 23.9. The molecule has 1 saturated heterocycles. The van der Waals surface area contributed by atoms with Crippen LogP contribution in [-0.4, -0.2) is 66.3 Å². The Morgan fingerprint density at radius 2 is 2.04 bits per heavy atom. The largest absolute Gasteiger partial charge is 0.471 e. The number of halogens is 1. The second kappa shape index (κ2) is 13.4. The molecule has 1 amide bonds. The standard InChI is InChI=1S/C37H35ClN8O3/c1-23-30-17-25(5-9-32(30)44-43-23)37(47)40-27-8-10-34-33(18-27)41-35(46(34)20-29-13-16-48-29)21-45-14-11-24(12-15-45)31-3-2-4-36(42-31)49-22-28-7-6-26(38)19-39-28/h2-11,17-19,29H,12-16,20-22H2,1H3,(H,40,47)(H,43,44). The Balaban J connectivity index is 0.963. The average molecular weight is 675 g/mol. The number of anilines is 1. The van der Waals surface area contributed by atoms with Gasteiger partial charge in [0.15, 0.2) is 0 Å². The van der Waals surface area contributed by atoms with Crippen LogP contribution >= 0.6 is 11.6 Å². The van der Waals surface area contributed by atoms with E-state index >= 15 is 0 Å². The van der Waals surface area contributed by atoms with Crippen LogP contribution in [0.4, 0.5) is 5.69 Å². The van der Waals surface area contributed by atoms with E-state index in [0.717, 1.165) is 83.9 Å². The summed E-state index contributed by atoms with van der Waals surface area (Å²) in [5.74, 6) is 1.37. The highest BCUT2D eigenvalue weighted by molar-refractivity contribution is 6.30. The molecule has 0 bridgehead atoms. The van der Waals surface area contributed by atoms with Gasteiger partial charge < -0.3 is 19.4 Å². The van der Waals surface area contributed by atoms with E-state index in [9.17, 15) is 4.79 Å². The Morgan fingerprint density at radius 1 is 1.12 bits per heavy atom. The molecule has 0 aliphatic carbocycles. The smallest absolute Gasteiger partial charge is 0.255 e. The number of aryl methyl sites for hydroxylation is 1. The summed E-state index contributed by atoms with van der Waals surface area (Å²) in [6.07, 6.45) is 5.94. The van der Waals surface area contributed by atoms with E-state index in [-0.39, 0.29) is 12.0 Å². The van der Waals surface area contributed by atoms with Crippen molar-refractivity contribution >= 4 is 50.7 Å². The molecular formula is C37H35ClN8O3. The summed E-state index contributed by atoms with van der Waals surface area (Å²) in [6.45, 7) is 6.14. The zero-order valence-electron chi connectivity index (χ0n) is 27.0. The minimum Gasteiger partial charge on any atom is -0.471 e. The summed E-state index contributed by atoms with van der Waals surface area (Å²) >= 11 is 5.95. The van der Waals surface area contributed by atoms with Crippen molar-refractivity contribution in [3.63, 3.8) is 0 Å². The first-order valence-electron chi connectivity index (χ1n) is 16.4. The lowest BCUT2D eigenvalue weighted by Crippen LogP contribution is -2.33. The predicted octanol–water partition coefficient (Wildman–Crippen LogP) is 6.57. The Bertz CT molecular complexity index is 2190. The number of aromatic amines is 1. The highest BCUT2D eigenvalue weighted by Gasteiger charge is 2.24.